The molecule has 130 valence electrons. The van der Waals surface area contributed by atoms with Crippen molar-refractivity contribution in [1.29, 1.82) is 0 Å². The van der Waals surface area contributed by atoms with Crippen molar-refractivity contribution < 1.29 is 4.79 Å². The molecule has 4 aromatic rings. The summed E-state index contributed by atoms with van der Waals surface area (Å²) in [4.78, 5) is 12.0. The van der Waals surface area contributed by atoms with E-state index in [9.17, 15) is 4.79 Å². The number of amides is 1. The SMILES string of the molecule is CC(C)NC(=O)c1ccc(-n2cc(-c3n[nH]c4ccccc34)nn2)cc1. The van der Waals surface area contributed by atoms with Crippen molar-refractivity contribution in [2.45, 2.75) is 19.9 Å². The third-order valence-corrected chi connectivity index (χ3v) is 4.02. The third-order valence-electron chi connectivity index (χ3n) is 4.02. The number of hydrogen-bond acceptors (Lipinski definition) is 4. The van der Waals surface area contributed by atoms with Gasteiger partial charge in [-0.1, -0.05) is 23.4 Å². The summed E-state index contributed by atoms with van der Waals surface area (Å²) in [5.41, 5.74) is 3.84. The van der Waals surface area contributed by atoms with Gasteiger partial charge >= 0.3 is 0 Å². The summed E-state index contributed by atoms with van der Waals surface area (Å²) < 4.78 is 1.67. The predicted molar refractivity (Wildman–Crippen MR) is 99.0 cm³/mol. The van der Waals surface area contributed by atoms with Gasteiger partial charge in [-0.3, -0.25) is 9.89 Å². The fourth-order valence-corrected chi connectivity index (χ4v) is 2.77. The standard InChI is InChI=1S/C19H18N6O/c1-12(2)20-19(26)13-7-9-14(10-8-13)25-11-17(22-24-25)18-15-5-3-4-6-16(15)21-23-18/h3-12H,1-2H3,(H,20,26)(H,21,23). The maximum Gasteiger partial charge on any atom is 0.251 e. The summed E-state index contributed by atoms with van der Waals surface area (Å²) in [6.45, 7) is 3.86. The van der Waals surface area contributed by atoms with Gasteiger partial charge in [0.15, 0.2) is 0 Å². The number of aromatic amines is 1. The minimum Gasteiger partial charge on any atom is -0.350 e. The summed E-state index contributed by atoms with van der Waals surface area (Å²) in [7, 11) is 0. The molecule has 0 radical (unpaired) electrons. The molecule has 2 N–H and O–H groups in total. The van der Waals surface area contributed by atoms with E-state index in [4.69, 9.17) is 0 Å². The van der Waals surface area contributed by atoms with Crippen LogP contribution in [0.5, 0.6) is 0 Å². The minimum atomic E-state index is -0.0891. The van der Waals surface area contributed by atoms with Gasteiger partial charge in [-0.2, -0.15) is 5.10 Å². The lowest BCUT2D eigenvalue weighted by Crippen LogP contribution is -2.29. The zero-order chi connectivity index (χ0) is 18.1. The summed E-state index contributed by atoms with van der Waals surface area (Å²) in [5, 5.41) is 19.6. The molecule has 0 aliphatic heterocycles. The first-order chi connectivity index (χ1) is 12.6. The molecule has 2 heterocycles. The van der Waals surface area contributed by atoms with E-state index in [0.29, 0.717) is 11.3 Å². The molecule has 0 unspecified atom stereocenters. The Bertz CT molecular complexity index is 1060. The van der Waals surface area contributed by atoms with Crippen LogP contribution >= 0.6 is 0 Å². The third kappa shape index (κ3) is 2.95. The van der Waals surface area contributed by atoms with E-state index in [-0.39, 0.29) is 11.9 Å². The minimum absolute atomic E-state index is 0.0891. The van der Waals surface area contributed by atoms with Gasteiger partial charge in [-0.25, -0.2) is 4.68 Å². The van der Waals surface area contributed by atoms with Crippen molar-refractivity contribution in [3.05, 3.63) is 60.3 Å². The number of para-hydroxylation sites is 1. The Hall–Kier alpha value is -3.48. The fourth-order valence-electron chi connectivity index (χ4n) is 2.77. The van der Waals surface area contributed by atoms with Gasteiger partial charge in [0, 0.05) is 17.0 Å². The number of benzene rings is 2. The van der Waals surface area contributed by atoms with Crippen molar-refractivity contribution in [1.82, 2.24) is 30.5 Å². The number of aromatic nitrogens is 5. The Morgan fingerprint density at radius 2 is 1.88 bits per heavy atom. The first-order valence-electron chi connectivity index (χ1n) is 8.39. The normalized spacial score (nSPS) is 11.2. The molecule has 0 saturated carbocycles. The van der Waals surface area contributed by atoms with E-state index in [2.05, 4.69) is 25.8 Å². The van der Waals surface area contributed by atoms with E-state index in [0.717, 1.165) is 22.3 Å². The molecule has 26 heavy (non-hydrogen) atoms. The van der Waals surface area contributed by atoms with Crippen molar-refractivity contribution in [2.24, 2.45) is 0 Å². The molecule has 0 spiro atoms. The Morgan fingerprint density at radius 3 is 2.65 bits per heavy atom. The van der Waals surface area contributed by atoms with E-state index in [1.165, 1.54) is 0 Å². The molecule has 2 aromatic heterocycles. The molecule has 4 rings (SSSR count). The molecule has 7 nitrogen and oxygen atoms in total. The number of H-pyrrole nitrogens is 1. The average molecular weight is 346 g/mol. The smallest absolute Gasteiger partial charge is 0.251 e. The van der Waals surface area contributed by atoms with Crippen LogP contribution in [0.4, 0.5) is 0 Å². The highest BCUT2D eigenvalue weighted by atomic mass is 16.1. The number of carbonyl (C=O) groups excluding carboxylic acids is 1. The Kier molecular flexibility index (Phi) is 3.96. The van der Waals surface area contributed by atoms with Crippen molar-refractivity contribution >= 4 is 16.8 Å². The van der Waals surface area contributed by atoms with Crippen LogP contribution < -0.4 is 5.32 Å². The topological polar surface area (TPSA) is 88.5 Å². The molecule has 7 heteroatoms. The van der Waals surface area contributed by atoms with E-state index >= 15 is 0 Å². The predicted octanol–water partition coefficient (Wildman–Crippen LogP) is 2.95. The molecule has 0 saturated heterocycles. The Labute approximate surface area is 150 Å². The highest BCUT2D eigenvalue weighted by molar-refractivity contribution is 5.94. The average Bonchev–Trinajstić information content (AvgIpc) is 3.28. The van der Waals surface area contributed by atoms with Crippen LogP contribution in [0, 0.1) is 0 Å². The first-order valence-corrected chi connectivity index (χ1v) is 8.39. The zero-order valence-corrected chi connectivity index (χ0v) is 14.5. The number of fused-ring (bicyclic) bond motifs is 1. The van der Waals surface area contributed by atoms with Crippen molar-refractivity contribution in [2.75, 3.05) is 0 Å². The molecular formula is C19H18N6O. The van der Waals surface area contributed by atoms with E-state index in [1.807, 2.05) is 56.4 Å². The summed E-state index contributed by atoms with van der Waals surface area (Å²) in [6.07, 6.45) is 1.83. The second-order valence-electron chi connectivity index (χ2n) is 6.34. The monoisotopic (exact) mass is 346 g/mol. The van der Waals surface area contributed by atoms with E-state index < -0.39 is 0 Å². The second-order valence-corrected chi connectivity index (χ2v) is 6.34. The molecule has 0 aliphatic rings. The van der Waals surface area contributed by atoms with Crippen LogP contribution in [-0.2, 0) is 0 Å². The molecule has 2 aromatic carbocycles. The van der Waals surface area contributed by atoms with Crippen molar-refractivity contribution in [3.8, 4) is 17.1 Å². The lowest BCUT2D eigenvalue weighted by atomic mass is 10.1. The molecular weight excluding hydrogens is 328 g/mol. The number of nitrogens with zero attached hydrogens (tertiary/aromatic N) is 4. The number of hydrogen-bond donors (Lipinski definition) is 2. The maximum absolute atomic E-state index is 12.0. The summed E-state index contributed by atoms with van der Waals surface area (Å²) in [6, 6.07) is 15.2. The molecule has 0 atom stereocenters. The first kappa shape index (κ1) is 16.0. The van der Waals surface area contributed by atoms with Gasteiger partial charge in [0.2, 0.25) is 0 Å². The van der Waals surface area contributed by atoms with Gasteiger partial charge < -0.3 is 5.32 Å². The van der Waals surface area contributed by atoms with Gasteiger partial charge in [-0.15, -0.1) is 5.10 Å². The maximum atomic E-state index is 12.0. The highest BCUT2D eigenvalue weighted by Crippen LogP contribution is 2.24. The molecule has 0 aliphatic carbocycles. The van der Waals surface area contributed by atoms with Crippen LogP contribution in [0.2, 0.25) is 0 Å². The lowest BCUT2D eigenvalue weighted by molar-refractivity contribution is 0.0943. The van der Waals surface area contributed by atoms with Crippen molar-refractivity contribution in [3.63, 3.8) is 0 Å². The Morgan fingerprint density at radius 1 is 1.12 bits per heavy atom. The molecule has 0 fully saturated rings. The van der Waals surface area contributed by atoms with Gasteiger partial charge in [-0.05, 0) is 44.2 Å². The fraction of sp³-hybridized carbons (Fsp3) is 0.158. The zero-order valence-electron chi connectivity index (χ0n) is 14.5. The van der Waals surface area contributed by atoms with Crippen LogP contribution in [-0.4, -0.2) is 37.1 Å². The number of nitrogens with one attached hydrogen (secondary N) is 2. The quantitative estimate of drug-likeness (QED) is 0.595. The van der Waals surface area contributed by atoms with Crippen LogP contribution in [0.3, 0.4) is 0 Å². The van der Waals surface area contributed by atoms with Crippen LogP contribution in [0.25, 0.3) is 28.0 Å². The molecule has 0 bridgehead atoms. The van der Waals surface area contributed by atoms with Gasteiger partial charge in [0.1, 0.15) is 11.4 Å². The molecule has 1 amide bonds. The number of carbonyl (C=O) groups is 1. The summed E-state index contributed by atoms with van der Waals surface area (Å²) >= 11 is 0. The van der Waals surface area contributed by atoms with Crippen LogP contribution in [0.1, 0.15) is 24.2 Å². The highest BCUT2D eigenvalue weighted by Gasteiger charge is 2.13. The van der Waals surface area contributed by atoms with Gasteiger partial charge in [0.05, 0.1) is 17.4 Å². The second kappa shape index (κ2) is 6.44. The van der Waals surface area contributed by atoms with E-state index in [1.54, 1.807) is 16.8 Å². The Balaban J connectivity index is 1.61. The van der Waals surface area contributed by atoms with Gasteiger partial charge in [0.25, 0.3) is 5.91 Å². The summed E-state index contributed by atoms with van der Waals surface area (Å²) in [5.74, 6) is -0.0891. The van der Waals surface area contributed by atoms with Crippen LogP contribution in [0.15, 0.2) is 54.7 Å². The lowest BCUT2D eigenvalue weighted by Gasteiger charge is -2.08. The largest absolute Gasteiger partial charge is 0.350 e. The number of rotatable bonds is 4.